The van der Waals surface area contributed by atoms with E-state index in [0.29, 0.717) is 12.8 Å². The zero-order valence-corrected chi connectivity index (χ0v) is 34.9. The molecule has 4 N–H and O–H groups in total. The van der Waals surface area contributed by atoms with E-state index in [4.69, 9.17) is 18.9 Å². The van der Waals surface area contributed by atoms with Crippen molar-refractivity contribution in [3.63, 3.8) is 0 Å². The van der Waals surface area contributed by atoms with Gasteiger partial charge in [-0.15, -0.1) is 0 Å². The van der Waals surface area contributed by atoms with Crippen LogP contribution in [-0.4, -0.2) is 88.4 Å². The molecule has 0 radical (unpaired) electrons. The molecule has 1 aliphatic heterocycles. The largest absolute Gasteiger partial charge is 0.479 e. The predicted octanol–water partition coefficient (Wildman–Crippen LogP) is 9.20. The zero-order valence-electron chi connectivity index (χ0n) is 34.9. The van der Waals surface area contributed by atoms with Gasteiger partial charge in [-0.05, 0) is 44.9 Å². The van der Waals surface area contributed by atoms with E-state index < -0.39 is 61.3 Å². The van der Waals surface area contributed by atoms with Crippen molar-refractivity contribution in [3.8, 4) is 0 Å². The lowest BCUT2D eigenvalue weighted by molar-refractivity contribution is -0.298. The highest BCUT2D eigenvalue weighted by atomic mass is 16.7. The smallest absolute Gasteiger partial charge is 0.335 e. The van der Waals surface area contributed by atoms with Gasteiger partial charge in [-0.3, -0.25) is 9.59 Å². The molecule has 1 heterocycles. The molecule has 0 saturated carbocycles. The molecular weight excluding hydrogens is 716 g/mol. The van der Waals surface area contributed by atoms with E-state index in [1.807, 2.05) is 0 Å². The van der Waals surface area contributed by atoms with Crippen LogP contribution in [0.4, 0.5) is 0 Å². The molecule has 11 heteroatoms. The first-order valence-electron chi connectivity index (χ1n) is 22.0. The number of ether oxygens (including phenoxy) is 4. The predicted molar refractivity (Wildman–Crippen MR) is 220 cm³/mol. The molecule has 0 aliphatic carbocycles. The third-order valence-corrected chi connectivity index (χ3v) is 10.0. The number of aliphatic hydroxyl groups is 3. The number of aliphatic hydroxyl groups excluding tert-OH is 3. The standard InChI is InChI=1S/C45H78O11/c1-3-5-7-9-11-13-15-17-18-19-20-22-23-25-27-29-31-33-38(46)53-35-37(36-54-45-42(50)40(48)41(49)43(56-45)44(51)52)55-39(47)34-32-30-28-26-24-21-16-14-12-10-8-6-4-2/h5,7,11,13,17-18,37,40-43,45,48-50H,3-4,6,8-10,12,14-16,19-36H2,1-2H3,(H,51,52)/b7-5-,13-11-,18-17-. The van der Waals surface area contributed by atoms with Gasteiger partial charge in [-0.25, -0.2) is 4.79 Å². The lowest BCUT2D eigenvalue weighted by Gasteiger charge is -2.38. The minimum Gasteiger partial charge on any atom is -0.479 e. The number of rotatable bonds is 36. The summed E-state index contributed by atoms with van der Waals surface area (Å²) in [5.41, 5.74) is 0. The topological polar surface area (TPSA) is 169 Å². The van der Waals surface area contributed by atoms with Crippen LogP contribution in [0.3, 0.4) is 0 Å². The molecule has 0 spiro atoms. The number of carbonyl (C=O) groups excluding carboxylic acids is 2. The van der Waals surface area contributed by atoms with Gasteiger partial charge in [0, 0.05) is 12.8 Å². The third-order valence-electron chi connectivity index (χ3n) is 10.0. The number of unbranched alkanes of at least 4 members (excludes halogenated alkanes) is 19. The highest BCUT2D eigenvalue weighted by molar-refractivity contribution is 5.73. The number of aliphatic carboxylic acids is 1. The molecule has 1 saturated heterocycles. The van der Waals surface area contributed by atoms with E-state index in [2.05, 4.69) is 50.3 Å². The van der Waals surface area contributed by atoms with Crippen molar-refractivity contribution in [3.05, 3.63) is 36.5 Å². The minimum absolute atomic E-state index is 0.183. The molecular formula is C45H78O11. The van der Waals surface area contributed by atoms with Crippen LogP contribution in [0.25, 0.3) is 0 Å². The highest BCUT2D eigenvalue weighted by Gasteiger charge is 2.47. The van der Waals surface area contributed by atoms with Gasteiger partial charge in [-0.1, -0.05) is 159 Å². The maximum absolute atomic E-state index is 12.7. The van der Waals surface area contributed by atoms with E-state index in [1.54, 1.807) is 0 Å². The van der Waals surface area contributed by atoms with Gasteiger partial charge in [0.2, 0.25) is 0 Å². The summed E-state index contributed by atoms with van der Waals surface area (Å²) < 4.78 is 21.7. The molecule has 1 aliphatic rings. The zero-order chi connectivity index (χ0) is 41.1. The Kier molecular flexibility index (Phi) is 32.7. The first kappa shape index (κ1) is 51.4. The summed E-state index contributed by atoms with van der Waals surface area (Å²) in [6, 6.07) is 0. The fraction of sp³-hybridized carbons (Fsp3) is 0.800. The van der Waals surface area contributed by atoms with Gasteiger partial charge in [0.05, 0.1) is 6.61 Å². The number of esters is 2. The van der Waals surface area contributed by atoms with Gasteiger partial charge in [0.15, 0.2) is 18.5 Å². The number of allylic oxidation sites excluding steroid dienone is 6. The Morgan fingerprint density at radius 3 is 1.59 bits per heavy atom. The summed E-state index contributed by atoms with van der Waals surface area (Å²) in [5, 5.41) is 39.8. The van der Waals surface area contributed by atoms with Crippen LogP contribution < -0.4 is 0 Å². The molecule has 1 rings (SSSR count). The number of hydrogen-bond donors (Lipinski definition) is 4. The van der Waals surface area contributed by atoms with Crippen LogP contribution in [0, 0.1) is 0 Å². The monoisotopic (exact) mass is 795 g/mol. The SMILES string of the molecule is CC/C=C\C/C=C\C/C=C\CCCCCCCCCC(=O)OCC(COC1OC(C(=O)O)C(O)C(O)C1O)OC(=O)CCCCCCCCCCCCCCC. The Labute approximate surface area is 338 Å². The summed E-state index contributed by atoms with van der Waals surface area (Å²) in [5.74, 6) is -2.45. The van der Waals surface area contributed by atoms with E-state index >= 15 is 0 Å². The number of carbonyl (C=O) groups is 3. The average Bonchev–Trinajstić information content (AvgIpc) is 3.18. The molecule has 0 aromatic heterocycles. The molecule has 56 heavy (non-hydrogen) atoms. The fourth-order valence-electron chi connectivity index (χ4n) is 6.54. The second-order valence-corrected chi connectivity index (χ2v) is 15.2. The first-order chi connectivity index (χ1) is 27.2. The second-order valence-electron chi connectivity index (χ2n) is 15.2. The first-order valence-corrected chi connectivity index (χ1v) is 22.0. The van der Waals surface area contributed by atoms with Gasteiger partial charge in [0.1, 0.15) is 24.9 Å². The third kappa shape index (κ3) is 27.1. The maximum atomic E-state index is 12.7. The van der Waals surface area contributed by atoms with Crippen molar-refractivity contribution in [2.45, 2.75) is 218 Å². The lowest BCUT2D eigenvalue weighted by Crippen LogP contribution is -2.60. The molecule has 0 amide bonds. The van der Waals surface area contributed by atoms with Crippen molar-refractivity contribution in [1.82, 2.24) is 0 Å². The van der Waals surface area contributed by atoms with E-state index in [0.717, 1.165) is 70.6 Å². The van der Waals surface area contributed by atoms with Crippen LogP contribution in [0.15, 0.2) is 36.5 Å². The fourth-order valence-corrected chi connectivity index (χ4v) is 6.54. The molecule has 324 valence electrons. The minimum atomic E-state index is -1.86. The molecule has 0 bridgehead atoms. The maximum Gasteiger partial charge on any atom is 0.335 e. The lowest BCUT2D eigenvalue weighted by atomic mass is 9.99. The summed E-state index contributed by atoms with van der Waals surface area (Å²) in [4.78, 5) is 36.8. The van der Waals surface area contributed by atoms with Gasteiger partial charge in [0.25, 0.3) is 0 Å². The van der Waals surface area contributed by atoms with E-state index in [1.165, 1.54) is 70.6 Å². The van der Waals surface area contributed by atoms with Gasteiger partial charge in [-0.2, -0.15) is 0 Å². The Morgan fingerprint density at radius 2 is 1.05 bits per heavy atom. The quantitative estimate of drug-likeness (QED) is 0.0271. The normalized spacial score (nSPS) is 20.6. The number of carboxylic acid groups (broad SMARTS) is 1. The number of hydrogen-bond acceptors (Lipinski definition) is 10. The van der Waals surface area contributed by atoms with Gasteiger partial charge >= 0.3 is 17.9 Å². The molecule has 6 unspecified atom stereocenters. The van der Waals surface area contributed by atoms with E-state index in [9.17, 15) is 34.8 Å². The molecule has 0 aromatic rings. The van der Waals surface area contributed by atoms with Crippen LogP contribution >= 0.6 is 0 Å². The van der Waals surface area contributed by atoms with Crippen LogP contribution in [0.1, 0.15) is 181 Å². The second kappa shape index (κ2) is 35.6. The van der Waals surface area contributed by atoms with Crippen molar-refractivity contribution in [2.24, 2.45) is 0 Å². The van der Waals surface area contributed by atoms with Crippen molar-refractivity contribution < 1.29 is 53.8 Å². The highest BCUT2D eigenvalue weighted by Crippen LogP contribution is 2.23. The summed E-state index contributed by atoms with van der Waals surface area (Å²) in [6.07, 6.45) is 30.5. The summed E-state index contributed by atoms with van der Waals surface area (Å²) in [6.45, 7) is 3.69. The summed E-state index contributed by atoms with van der Waals surface area (Å²) in [7, 11) is 0. The van der Waals surface area contributed by atoms with E-state index in [-0.39, 0.29) is 19.4 Å². The average molecular weight is 795 g/mol. The Morgan fingerprint density at radius 1 is 0.571 bits per heavy atom. The molecule has 6 atom stereocenters. The van der Waals surface area contributed by atoms with Gasteiger partial charge < -0.3 is 39.4 Å². The van der Waals surface area contributed by atoms with Crippen molar-refractivity contribution in [2.75, 3.05) is 13.2 Å². The Balaban J connectivity index is 2.37. The number of carboxylic acids is 1. The molecule has 0 aromatic carbocycles. The summed E-state index contributed by atoms with van der Waals surface area (Å²) >= 11 is 0. The molecule has 11 nitrogen and oxygen atoms in total. The van der Waals surface area contributed by atoms with Crippen molar-refractivity contribution in [1.29, 1.82) is 0 Å². The van der Waals surface area contributed by atoms with Crippen LogP contribution in [0.5, 0.6) is 0 Å². The molecule has 1 fully saturated rings. The van der Waals surface area contributed by atoms with Crippen LogP contribution in [-0.2, 0) is 33.3 Å². The van der Waals surface area contributed by atoms with Crippen LogP contribution in [0.2, 0.25) is 0 Å². The van der Waals surface area contributed by atoms with Crippen molar-refractivity contribution >= 4 is 17.9 Å². The Hall–Kier alpha value is -2.57. The Bertz CT molecular complexity index is 1070.